The van der Waals surface area contributed by atoms with Crippen molar-refractivity contribution >= 4 is 5.91 Å². The highest BCUT2D eigenvalue weighted by Crippen LogP contribution is 2.38. The topological polar surface area (TPSA) is 51.7 Å². The van der Waals surface area contributed by atoms with Crippen molar-refractivity contribution < 1.29 is 14.3 Å². The van der Waals surface area contributed by atoms with Crippen LogP contribution in [0, 0.1) is 11.8 Å². The monoisotopic (exact) mass is 330 g/mol. The van der Waals surface area contributed by atoms with Gasteiger partial charge in [-0.15, -0.1) is 0 Å². The Balaban J connectivity index is 1.44. The van der Waals surface area contributed by atoms with E-state index < -0.39 is 0 Å². The highest BCUT2D eigenvalue weighted by Gasteiger charge is 2.46. The van der Waals surface area contributed by atoms with Gasteiger partial charge in [-0.1, -0.05) is 13.0 Å². The van der Waals surface area contributed by atoms with Gasteiger partial charge in [-0.3, -0.25) is 9.78 Å². The zero-order chi connectivity index (χ0) is 16.5. The van der Waals surface area contributed by atoms with Crippen LogP contribution in [0.4, 0.5) is 0 Å². The molecule has 2 saturated carbocycles. The number of ether oxygens (including phenoxy) is 2. The molecule has 3 fully saturated rings. The summed E-state index contributed by atoms with van der Waals surface area (Å²) < 4.78 is 12.2. The Morgan fingerprint density at radius 1 is 1.42 bits per heavy atom. The first-order valence-corrected chi connectivity index (χ1v) is 9.15. The van der Waals surface area contributed by atoms with Crippen molar-refractivity contribution in [1.29, 1.82) is 0 Å². The predicted molar refractivity (Wildman–Crippen MR) is 89.2 cm³/mol. The highest BCUT2D eigenvalue weighted by molar-refractivity contribution is 5.80. The summed E-state index contributed by atoms with van der Waals surface area (Å²) in [5.74, 6) is 1.23. The van der Waals surface area contributed by atoms with Crippen LogP contribution in [-0.4, -0.2) is 47.2 Å². The first kappa shape index (κ1) is 16.0. The molecular formula is C19H26N2O3. The lowest BCUT2D eigenvalue weighted by Crippen LogP contribution is -2.50. The maximum absolute atomic E-state index is 12.9. The van der Waals surface area contributed by atoms with E-state index in [1.54, 1.807) is 6.20 Å². The Kier molecular flexibility index (Phi) is 4.55. The molecule has 2 bridgehead atoms. The molecule has 3 aliphatic rings. The molecule has 5 nitrogen and oxygen atoms in total. The SMILES string of the molecule is CC1CC(C(=O)N2CCOC3CCC2C3OCc2cccnc2)C1. The van der Waals surface area contributed by atoms with E-state index >= 15 is 0 Å². The lowest BCUT2D eigenvalue weighted by atomic mass is 9.75. The number of carbonyl (C=O) groups is 1. The van der Waals surface area contributed by atoms with Gasteiger partial charge in [-0.2, -0.15) is 0 Å². The molecule has 1 aliphatic heterocycles. The second-order valence-electron chi connectivity index (χ2n) is 7.50. The summed E-state index contributed by atoms with van der Waals surface area (Å²) in [5, 5.41) is 0. The summed E-state index contributed by atoms with van der Waals surface area (Å²) in [5.41, 5.74) is 1.06. The second-order valence-corrected chi connectivity index (χ2v) is 7.50. The van der Waals surface area contributed by atoms with Crippen LogP contribution in [0.2, 0.25) is 0 Å². The molecule has 130 valence electrons. The Bertz CT molecular complexity index is 573. The van der Waals surface area contributed by atoms with Gasteiger partial charge in [0.1, 0.15) is 6.10 Å². The summed E-state index contributed by atoms with van der Waals surface area (Å²) >= 11 is 0. The van der Waals surface area contributed by atoms with Crippen molar-refractivity contribution in [3.63, 3.8) is 0 Å². The molecule has 1 aromatic heterocycles. The van der Waals surface area contributed by atoms with E-state index in [1.807, 2.05) is 18.3 Å². The molecule has 1 aromatic rings. The van der Waals surface area contributed by atoms with Gasteiger partial charge in [0.2, 0.25) is 5.91 Å². The van der Waals surface area contributed by atoms with Crippen molar-refractivity contribution in [2.24, 2.45) is 11.8 Å². The van der Waals surface area contributed by atoms with Crippen LogP contribution in [0.5, 0.6) is 0 Å². The Labute approximate surface area is 143 Å². The van der Waals surface area contributed by atoms with Crippen LogP contribution in [0.3, 0.4) is 0 Å². The number of hydrogen-bond donors (Lipinski definition) is 0. The molecule has 4 rings (SSSR count). The maximum Gasteiger partial charge on any atom is 0.226 e. The molecule has 3 unspecified atom stereocenters. The van der Waals surface area contributed by atoms with E-state index in [0.717, 1.165) is 31.2 Å². The van der Waals surface area contributed by atoms with Gasteiger partial charge in [0.25, 0.3) is 0 Å². The molecule has 0 N–H and O–H groups in total. The lowest BCUT2D eigenvalue weighted by Gasteiger charge is -2.39. The lowest BCUT2D eigenvalue weighted by molar-refractivity contribution is -0.144. The minimum Gasteiger partial charge on any atom is -0.374 e. The highest BCUT2D eigenvalue weighted by atomic mass is 16.5. The predicted octanol–water partition coefficient (Wildman–Crippen LogP) is 2.40. The third kappa shape index (κ3) is 3.07. The fourth-order valence-corrected chi connectivity index (χ4v) is 4.40. The first-order valence-electron chi connectivity index (χ1n) is 9.15. The molecular weight excluding hydrogens is 304 g/mol. The van der Waals surface area contributed by atoms with Crippen LogP contribution < -0.4 is 0 Å². The first-order chi connectivity index (χ1) is 11.7. The molecule has 2 heterocycles. The summed E-state index contributed by atoms with van der Waals surface area (Å²) in [7, 11) is 0. The van der Waals surface area contributed by atoms with Crippen LogP contribution >= 0.6 is 0 Å². The molecule has 5 heteroatoms. The van der Waals surface area contributed by atoms with E-state index in [9.17, 15) is 4.79 Å². The fraction of sp³-hybridized carbons (Fsp3) is 0.684. The average molecular weight is 330 g/mol. The third-order valence-corrected chi connectivity index (χ3v) is 5.73. The van der Waals surface area contributed by atoms with Gasteiger partial charge < -0.3 is 14.4 Å². The number of pyridine rings is 1. The van der Waals surface area contributed by atoms with Gasteiger partial charge >= 0.3 is 0 Å². The van der Waals surface area contributed by atoms with Crippen molar-refractivity contribution in [2.75, 3.05) is 13.2 Å². The van der Waals surface area contributed by atoms with E-state index in [-0.39, 0.29) is 24.2 Å². The molecule has 0 aromatic carbocycles. The minimum absolute atomic E-state index is 0.0193. The zero-order valence-corrected chi connectivity index (χ0v) is 14.3. The van der Waals surface area contributed by atoms with Gasteiger partial charge in [0, 0.05) is 24.9 Å². The van der Waals surface area contributed by atoms with Gasteiger partial charge in [0.15, 0.2) is 0 Å². The zero-order valence-electron chi connectivity index (χ0n) is 14.3. The summed E-state index contributed by atoms with van der Waals surface area (Å²) in [6.45, 7) is 4.08. The van der Waals surface area contributed by atoms with Crippen LogP contribution in [-0.2, 0) is 20.9 Å². The summed E-state index contributed by atoms with van der Waals surface area (Å²) in [6, 6.07) is 4.10. The molecule has 24 heavy (non-hydrogen) atoms. The average Bonchev–Trinajstić information content (AvgIpc) is 2.86. The quantitative estimate of drug-likeness (QED) is 0.851. The fourth-order valence-electron chi connectivity index (χ4n) is 4.40. The summed E-state index contributed by atoms with van der Waals surface area (Å²) in [4.78, 5) is 19.1. The number of amides is 1. The van der Waals surface area contributed by atoms with Gasteiger partial charge in [-0.25, -0.2) is 0 Å². The van der Waals surface area contributed by atoms with Crippen LogP contribution in [0.1, 0.15) is 38.2 Å². The second kappa shape index (κ2) is 6.81. The molecule has 1 saturated heterocycles. The molecule has 0 radical (unpaired) electrons. The van der Waals surface area contributed by atoms with Crippen molar-refractivity contribution in [2.45, 2.75) is 57.5 Å². The number of fused-ring (bicyclic) bond motifs is 2. The Morgan fingerprint density at radius 3 is 3.04 bits per heavy atom. The normalized spacial score (nSPS) is 35.4. The molecule has 1 amide bonds. The molecule has 0 spiro atoms. The van der Waals surface area contributed by atoms with Gasteiger partial charge in [-0.05, 0) is 43.2 Å². The Hall–Kier alpha value is -1.46. The number of carbonyl (C=O) groups excluding carboxylic acids is 1. The largest absolute Gasteiger partial charge is 0.374 e. The maximum atomic E-state index is 12.9. The standard InChI is InChI=1S/C19H26N2O3/c1-13-9-15(10-13)19(22)21-7-8-23-17-5-4-16(21)18(17)24-12-14-3-2-6-20-11-14/h2-3,6,11,13,15-18H,4-5,7-10,12H2,1H3. The van der Waals surface area contributed by atoms with Crippen molar-refractivity contribution in [3.8, 4) is 0 Å². The van der Waals surface area contributed by atoms with Crippen molar-refractivity contribution in [1.82, 2.24) is 9.88 Å². The smallest absolute Gasteiger partial charge is 0.226 e. The van der Waals surface area contributed by atoms with Crippen molar-refractivity contribution in [3.05, 3.63) is 30.1 Å². The number of nitrogens with zero attached hydrogens (tertiary/aromatic N) is 2. The third-order valence-electron chi connectivity index (χ3n) is 5.73. The molecule has 2 aliphatic carbocycles. The van der Waals surface area contributed by atoms with Crippen LogP contribution in [0.15, 0.2) is 24.5 Å². The van der Waals surface area contributed by atoms with Gasteiger partial charge in [0.05, 0.1) is 25.4 Å². The minimum atomic E-state index is -0.0193. The Morgan fingerprint density at radius 2 is 2.29 bits per heavy atom. The molecule has 3 atom stereocenters. The summed E-state index contributed by atoms with van der Waals surface area (Å²) in [6.07, 6.45) is 7.73. The number of hydrogen-bond acceptors (Lipinski definition) is 4. The van der Waals surface area contributed by atoms with E-state index in [1.165, 1.54) is 0 Å². The number of rotatable bonds is 4. The van der Waals surface area contributed by atoms with E-state index in [0.29, 0.717) is 31.6 Å². The van der Waals surface area contributed by atoms with E-state index in [4.69, 9.17) is 9.47 Å². The van der Waals surface area contributed by atoms with E-state index in [2.05, 4.69) is 16.8 Å². The van der Waals surface area contributed by atoms with Crippen LogP contribution in [0.25, 0.3) is 0 Å². The number of aromatic nitrogens is 1.